The number of rotatable bonds is 8. The van der Waals surface area contributed by atoms with Crippen molar-refractivity contribution >= 4 is 11.3 Å². The van der Waals surface area contributed by atoms with Crippen molar-refractivity contribution in [3.8, 4) is 0 Å². The van der Waals surface area contributed by atoms with E-state index in [1.54, 1.807) is 0 Å². The van der Waals surface area contributed by atoms with Gasteiger partial charge in [0.05, 0.1) is 13.2 Å². The van der Waals surface area contributed by atoms with Crippen molar-refractivity contribution < 1.29 is 4.74 Å². The van der Waals surface area contributed by atoms with Gasteiger partial charge in [-0.15, -0.1) is 11.3 Å². The lowest BCUT2D eigenvalue weighted by atomic mass is 10.0. The lowest BCUT2D eigenvalue weighted by Crippen LogP contribution is -2.43. The third kappa shape index (κ3) is 4.55. The Bertz CT molecular complexity index is 369. The van der Waals surface area contributed by atoms with Gasteiger partial charge >= 0.3 is 0 Å². The van der Waals surface area contributed by atoms with Crippen molar-refractivity contribution in [3.05, 3.63) is 22.4 Å². The molecule has 20 heavy (non-hydrogen) atoms. The van der Waals surface area contributed by atoms with E-state index in [0.29, 0.717) is 18.0 Å². The predicted molar refractivity (Wildman–Crippen MR) is 86.5 cm³/mol. The second kappa shape index (κ2) is 8.13. The van der Waals surface area contributed by atoms with E-state index in [4.69, 9.17) is 4.74 Å². The third-order valence-corrected chi connectivity index (χ3v) is 5.11. The maximum Gasteiger partial charge on any atom is 0.0623 e. The van der Waals surface area contributed by atoms with E-state index in [2.05, 4.69) is 48.6 Å². The summed E-state index contributed by atoms with van der Waals surface area (Å²) >= 11 is 1.86. The number of hydrogen-bond donors (Lipinski definition) is 1. The summed E-state index contributed by atoms with van der Waals surface area (Å²) in [5.74, 6) is 0.623. The van der Waals surface area contributed by atoms with Crippen LogP contribution >= 0.6 is 11.3 Å². The van der Waals surface area contributed by atoms with Crippen molar-refractivity contribution in [2.75, 3.05) is 33.4 Å². The lowest BCUT2D eigenvalue weighted by Gasteiger charge is -2.29. The fourth-order valence-electron chi connectivity index (χ4n) is 2.76. The summed E-state index contributed by atoms with van der Waals surface area (Å²) in [6, 6.07) is 5.49. The molecule has 2 rings (SSSR count). The zero-order valence-electron chi connectivity index (χ0n) is 13.0. The monoisotopic (exact) mass is 296 g/mol. The van der Waals surface area contributed by atoms with Crippen LogP contribution in [0, 0.1) is 5.92 Å². The first-order chi connectivity index (χ1) is 9.70. The molecule has 0 saturated carbocycles. The van der Waals surface area contributed by atoms with E-state index >= 15 is 0 Å². The van der Waals surface area contributed by atoms with Crippen molar-refractivity contribution in [1.82, 2.24) is 10.2 Å². The smallest absolute Gasteiger partial charge is 0.0623 e. The molecule has 4 heteroatoms. The summed E-state index contributed by atoms with van der Waals surface area (Å²) in [5, 5.41) is 5.79. The number of ether oxygens (including phenoxy) is 1. The van der Waals surface area contributed by atoms with Gasteiger partial charge in [-0.3, -0.25) is 0 Å². The lowest BCUT2D eigenvalue weighted by molar-refractivity contribution is 0.163. The van der Waals surface area contributed by atoms with Crippen LogP contribution in [0.1, 0.15) is 25.1 Å². The first-order valence-corrected chi connectivity index (χ1v) is 8.62. The van der Waals surface area contributed by atoms with Gasteiger partial charge in [-0.2, -0.15) is 0 Å². The summed E-state index contributed by atoms with van der Waals surface area (Å²) in [6.07, 6.45) is 2.34. The van der Waals surface area contributed by atoms with Gasteiger partial charge in [-0.1, -0.05) is 13.0 Å². The minimum Gasteiger partial charge on any atom is -0.379 e. The molecule has 3 atom stereocenters. The molecule has 0 spiro atoms. The molecular formula is C16H28N2OS. The Balaban J connectivity index is 1.78. The van der Waals surface area contributed by atoms with E-state index in [9.17, 15) is 0 Å². The molecule has 0 radical (unpaired) electrons. The molecule has 0 bridgehead atoms. The van der Waals surface area contributed by atoms with Crippen LogP contribution in [0.5, 0.6) is 0 Å². The van der Waals surface area contributed by atoms with Crippen LogP contribution in [0.25, 0.3) is 0 Å². The Hall–Kier alpha value is -0.420. The van der Waals surface area contributed by atoms with E-state index in [1.165, 1.54) is 11.3 Å². The standard InChI is InChI=1S/C16H28N2OS/c1-4-7-17-16-12-19-11-14(16)10-18(3)13(2)9-15-6-5-8-20-15/h5-6,8,13-14,16-17H,4,7,9-12H2,1-3H3. The van der Waals surface area contributed by atoms with E-state index in [1.807, 2.05) is 11.3 Å². The normalized spacial score (nSPS) is 24.4. The van der Waals surface area contributed by atoms with Crippen molar-refractivity contribution in [2.24, 2.45) is 5.92 Å². The van der Waals surface area contributed by atoms with Gasteiger partial charge in [0, 0.05) is 29.4 Å². The van der Waals surface area contributed by atoms with E-state index in [0.717, 1.165) is 32.7 Å². The minimum absolute atomic E-state index is 0.534. The molecule has 0 aromatic carbocycles. The Morgan fingerprint density at radius 2 is 2.35 bits per heavy atom. The quantitative estimate of drug-likeness (QED) is 0.798. The van der Waals surface area contributed by atoms with Gasteiger partial charge in [0.15, 0.2) is 0 Å². The Labute approximate surface area is 127 Å². The molecule has 0 aliphatic carbocycles. The van der Waals surface area contributed by atoms with Crippen LogP contribution in [-0.2, 0) is 11.2 Å². The summed E-state index contributed by atoms with van der Waals surface area (Å²) in [7, 11) is 2.24. The third-order valence-electron chi connectivity index (χ3n) is 4.21. The maximum atomic E-state index is 5.67. The zero-order valence-corrected chi connectivity index (χ0v) is 13.8. The SMILES string of the molecule is CCCNC1COCC1CN(C)C(C)Cc1cccs1. The molecule has 1 aliphatic rings. The highest BCUT2D eigenvalue weighted by Gasteiger charge is 2.29. The molecule has 3 unspecified atom stereocenters. The van der Waals surface area contributed by atoms with Gasteiger partial charge in [0.1, 0.15) is 0 Å². The first-order valence-electron chi connectivity index (χ1n) is 7.74. The number of hydrogen-bond acceptors (Lipinski definition) is 4. The van der Waals surface area contributed by atoms with Gasteiger partial charge < -0.3 is 15.0 Å². The van der Waals surface area contributed by atoms with Crippen LogP contribution in [0.4, 0.5) is 0 Å². The number of thiophene rings is 1. The molecule has 1 fully saturated rings. The second-order valence-corrected chi connectivity index (χ2v) is 6.96. The summed E-state index contributed by atoms with van der Waals surface area (Å²) in [6.45, 7) is 8.53. The molecule has 1 saturated heterocycles. The van der Waals surface area contributed by atoms with Crippen molar-refractivity contribution in [3.63, 3.8) is 0 Å². The summed E-state index contributed by atoms with van der Waals surface area (Å²) in [5.41, 5.74) is 0. The van der Waals surface area contributed by atoms with Crippen LogP contribution in [-0.4, -0.2) is 50.3 Å². The zero-order chi connectivity index (χ0) is 14.4. The average molecular weight is 296 g/mol. The molecule has 2 heterocycles. The van der Waals surface area contributed by atoms with Crippen molar-refractivity contribution in [1.29, 1.82) is 0 Å². The first kappa shape index (κ1) is 16.0. The topological polar surface area (TPSA) is 24.5 Å². The molecule has 1 aromatic heterocycles. The van der Waals surface area contributed by atoms with Gasteiger partial charge in [0.25, 0.3) is 0 Å². The fourth-order valence-corrected chi connectivity index (χ4v) is 3.59. The fraction of sp³-hybridized carbons (Fsp3) is 0.750. The van der Waals surface area contributed by atoms with Gasteiger partial charge in [0.2, 0.25) is 0 Å². The van der Waals surface area contributed by atoms with E-state index in [-0.39, 0.29) is 0 Å². The minimum atomic E-state index is 0.534. The Morgan fingerprint density at radius 1 is 1.50 bits per heavy atom. The molecule has 0 amide bonds. The predicted octanol–water partition coefficient (Wildman–Crippen LogP) is 2.63. The van der Waals surface area contributed by atoms with Gasteiger partial charge in [-0.05, 0) is 44.8 Å². The van der Waals surface area contributed by atoms with E-state index < -0.39 is 0 Å². The summed E-state index contributed by atoms with van der Waals surface area (Å²) < 4.78 is 5.67. The van der Waals surface area contributed by atoms with Crippen LogP contribution in [0.15, 0.2) is 17.5 Å². The number of likely N-dealkylation sites (N-methyl/N-ethyl adjacent to an activating group) is 1. The molecular weight excluding hydrogens is 268 g/mol. The highest BCUT2D eigenvalue weighted by Crippen LogP contribution is 2.18. The Morgan fingerprint density at radius 3 is 3.05 bits per heavy atom. The molecule has 1 aromatic rings. The molecule has 114 valence electrons. The van der Waals surface area contributed by atoms with Gasteiger partial charge in [-0.25, -0.2) is 0 Å². The average Bonchev–Trinajstić information content (AvgIpc) is 3.08. The number of nitrogens with one attached hydrogen (secondary N) is 1. The number of nitrogens with zero attached hydrogens (tertiary/aromatic N) is 1. The van der Waals surface area contributed by atoms with Crippen LogP contribution < -0.4 is 5.32 Å². The van der Waals surface area contributed by atoms with Crippen LogP contribution in [0.3, 0.4) is 0 Å². The molecule has 3 nitrogen and oxygen atoms in total. The molecule has 1 N–H and O–H groups in total. The largest absolute Gasteiger partial charge is 0.379 e. The van der Waals surface area contributed by atoms with Crippen molar-refractivity contribution in [2.45, 2.75) is 38.8 Å². The second-order valence-electron chi connectivity index (χ2n) is 5.93. The highest BCUT2D eigenvalue weighted by molar-refractivity contribution is 7.09. The maximum absolute atomic E-state index is 5.67. The molecule has 1 aliphatic heterocycles. The van der Waals surface area contributed by atoms with Crippen LogP contribution in [0.2, 0.25) is 0 Å². The highest BCUT2D eigenvalue weighted by atomic mass is 32.1. The summed E-state index contributed by atoms with van der Waals surface area (Å²) in [4.78, 5) is 3.97. The Kier molecular flexibility index (Phi) is 6.49.